The average molecular weight is 395 g/mol. The lowest BCUT2D eigenvalue weighted by molar-refractivity contribution is -0.136. The molecule has 2 aromatic carbocycles. The van der Waals surface area contributed by atoms with Crippen molar-refractivity contribution in [3.05, 3.63) is 71.8 Å². The van der Waals surface area contributed by atoms with Gasteiger partial charge in [0.15, 0.2) is 5.11 Å². The van der Waals surface area contributed by atoms with Crippen molar-refractivity contribution in [3.8, 4) is 0 Å². The minimum atomic E-state index is -4.51. The summed E-state index contributed by atoms with van der Waals surface area (Å²) in [6, 6.07) is 10.9. The van der Waals surface area contributed by atoms with E-state index in [0.29, 0.717) is 6.54 Å². The van der Waals surface area contributed by atoms with E-state index < -0.39 is 11.7 Å². The smallest absolute Gasteiger partial charge is 0.332 e. The van der Waals surface area contributed by atoms with Gasteiger partial charge in [-0.15, -0.1) is 5.10 Å². The molecule has 0 aliphatic heterocycles. The van der Waals surface area contributed by atoms with Crippen molar-refractivity contribution >= 4 is 29.0 Å². The Kier molecular flexibility index (Phi) is 5.36. The van der Waals surface area contributed by atoms with Crippen LogP contribution in [0, 0.1) is 5.82 Å². The van der Waals surface area contributed by atoms with E-state index in [-0.39, 0.29) is 22.6 Å². The van der Waals surface area contributed by atoms with E-state index >= 15 is 0 Å². The molecule has 0 unspecified atom stereocenters. The molecule has 1 heterocycles. The molecule has 3 aromatic rings. The molecule has 2 N–H and O–H groups in total. The maximum absolute atomic E-state index is 13.0. The van der Waals surface area contributed by atoms with Crippen molar-refractivity contribution in [2.45, 2.75) is 12.7 Å². The van der Waals surface area contributed by atoms with E-state index in [9.17, 15) is 17.6 Å². The molecule has 3 rings (SSSR count). The Labute approximate surface area is 157 Å². The van der Waals surface area contributed by atoms with E-state index in [1.807, 2.05) is 0 Å². The lowest BCUT2D eigenvalue weighted by Crippen LogP contribution is -2.22. The van der Waals surface area contributed by atoms with Crippen LogP contribution in [0.3, 0.4) is 0 Å². The molecular weight excluding hydrogens is 382 g/mol. The first-order valence-electron chi connectivity index (χ1n) is 7.69. The number of benzene rings is 2. The van der Waals surface area contributed by atoms with Gasteiger partial charge >= 0.3 is 6.18 Å². The van der Waals surface area contributed by atoms with Crippen LogP contribution in [0.4, 0.5) is 29.2 Å². The lowest BCUT2D eigenvalue weighted by atomic mass is 10.2. The zero-order chi connectivity index (χ0) is 19.4. The number of nitrogens with one attached hydrogen (secondary N) is 2. The van der Waals surface area contributed by atoms with Gasteiger partial charge in [0, 0.05) is 0 Å². The Morgan fingerprint density at radius 1 is 1.04 bits per heavy atom. The van der Waals surface area contributed by atoms with Gasteiger partial charge in [-0.3, -0.25) is 5.32 Å². The number of hydrogen-bond acceptors (Lipinski definition) is 3. The van der Waals surface area contributed by atoms with Crippen molar-refractivity contribution in [2.24, 2.45) is 0 Å². The standard InChI is InChI=1S/C17H13F4N5S/c18-12-7-5-11(6-8-12)9-26-10-22-15(25-26)24-16(27)23-14-4-2-1-3-13(14)17(19,20)21/h1-8,10H,9H2,(H2,23,24,25,27). The maximum Gasteiger partial charge on any atom is 0.418 e. The molecule has 0 aliphatic rings. The molecule has 1 aromatic heterocycles. The van der Waals surface area contributed by atoms with Crippen molar-refractivity contribution in [1.82, 2.24) is 14.8 Å². The number of aromatic nitrogens is 3. The number of thiocarbonyl (C=S) groups is 1. The summed E-state index contributed by atoms with van der Waals surface area (Å²) in [7, 11) is 0. The van der Waals surface area contributed by atoms with Crippen molar-refractivity contribution in [3.63, 3.8) is 0 Å². The van der Waals surface area contributed by atoms with Crippen LogP contribution in [0.1, 0.15) is 11.1 Å². The molecule has 0 saturated carbocycles. The predicted molar refractivity (Wildman–Crippen MR) is 96.8 cm³/mol. The summed E-state index contributed by atoms with van der Waals surface area (Å²) in [6.07, 6.45) is -3.08. The number of nitrogens with zero attached hydrogens (tertiary/aromatic N) is 3. The van der Waals surface area contributed by atoms with Gasteiger partial charge in [0.05, 0.1) is 17.8 Å². The number of rotatable bonds is 4. The van der Waals surface area contributed by atoms with Crippen LogP contribution < -0.4 is 10.6 Å². The molecule has 0 atom stereocenters. The molecule has 0 aliphatic carbocycles. The van der Waals surface area contributed by atoms with Crippen LogP contribution in [0.5, 0.6) is 0 Å². The van der Waals surface area contributed by atoms with E-state index in [1.165, 1.54) is 41.3 Å². The molecule has 0 spiro atoms. The molecular formula is C17H13F4N5S. The van der Waals surface area contributed by atoms with Gasteiger partial charge in [-0.05, 0) is 42.0 Å². The summed E-state index contributed by atoms with van der Waals surface area (Å²) < 4.78 is 53.4. The highest BCUT2D eigenvalue weighted by atomic mass is 32.1. The first-order chi connectivity index (χ1) is 12.8. The third kappa shape index (κ3) is 5.00. The highest BCUT2D eigenvalue weighted by Gasteiger charge is 2.33. The summed E-state index contributed by atoms with van der Waals surface area (Å²) >= 11 is 5.03. The second kappa shape index (κ2) is 7.70. The average Bonchev–Trinajstić information content (AvgIpc) is 3.03. The molecule has 5 nitrogen and oxygen atoms in total. The number of para-hydroxylation sites is 1. The van der Waals surface area contributed by atoms with Gasteiger partial charge in [0.25, 0.3) is 0 Å². The zero-order valence-corrected chi connectivity index (χ0v) is 14.5. The SMILES string of the molecule is Fc1ccc(Cn2cnc(NC(=S)Nc3ccccc3C(F)(F)F)n2)cc1. The van der Waals surface area contributed by atoms with Gasteiger partial charge in [-0.2, -0.15) is 13.2 Å². The minimum absolute atomic E-state index is 0.0776. The Balaban J connectivity index is 1.64. The van der Waals surface area contributed by atoms with E-state index in [4.69, 9.17) is 12.2 Å². The molecule has 0 fully saturated rings. The Morgan fingerprint density at radius 3 is 2.44 bits per heavy atom. The lowest BCUT2D eigenvalue weighted by Gasteiger charge is -2.14. The molecule has 0 bridgehead atoms. The second-order valence-electron chi connectivity index (χ2n) is 5.51. The normalized spacial score (nSPS) is 11.3. The van der Waals surface area contributed by atoms with Crippen molar-refractivity contribution in [2.75, 3.05) is 10.6 Å². The van der Waals surface area contributed by atoms with E-state index in [0.717, 1.165) is 11.6 Å². The van der Waals surface area contributed by atoms with Crippen LogP contribution in [0.25, 0.3) is 0 Å². The van der Waals surface area contributed by atoms with Crippen LogP contribution in [0.2, 0.25) is 0 Å². The second-order valence-corrected chi connectivity index (χ2v) is 5.92. The maximum atomic E-state index is 13.0. The van der Waals surface area contributed by atoms with Gasteiger partial charge in [-0.1, -0.05) is 24.3 Å². The fraction of sp³-hybridized carbons (Fsp3) is 0.118. The number of alkyl halides is 3. The summed E-state index contributed by atoms with van der Waals surface area (Å²) in [4.78, 5) is 4.00. The fourth-order valence-electron chi connectivity index (χ4n) is 2.30. The van der Waals surface area contributed by atoms with Gasteiger partial charge in [0.1, 0.15) is 12.1 Å². The van der Waals surface area contributed by atoms with Crippen LogP contribution in [-0.2, 0) is 12.7 Å². The Hall–Kier alpha value is -3.01. The Bertz CT molecular complexity index is 937. The highest BCUT2D eigenvalue weighted by Crippen LogP contribution is 2.34. The number of halogens is 4. The van der Waals surface area contributed by atoms with E-state index in [2.05, 4.69) is 20.7 Å². The Morgan fingerprint density at radius 2 is 1.74 bits per heavy atom. The first-order valence-corrected chi connectivity index (χ1v) is 8.10. The molecule has 10 heteroatoms. The topological polar surface area (TPSA) is 54.8 Å². The highest BCUT2D eigenvalue weighted by molar-refractivity contribution is 7.80. The fourth-order valence-corrected chi connectivity index (χ4v) is 2.50. The third-order valence-electron chi connectivity index (χ3n) is 3.50. The molecule has 0 amide bonds. The summed E-state index contributed by atoms with van der Waals surface area (Å²) in [5, 5.41) is 9.19. The van der Waals surface area contributed by atoms with E-state index in [1.54, 1.807) is 12.1 Å². The largest absolute Gasteiger partial charge is 0.418 e. The quantitative estimate of drug-likeness (QED) is 0.510. The minimum Gasteiger partial charge on any atom is -0.332 e. The van der Waals surface area contributed by atoms with Gasteiger partial charge in [-0.25, -0.2) is 14.1 Å². The zero-order valence-electron chi connectivity index (χ0n) is 13.7. The molecule has 27 heavy (non-hydrogen) atoms. The third-order valence-corrected chi connectivity index (χ3v) is 3.70. The monoisotopic (exact) mass is 395 g/mol. The van der Waals surface area contributed by atoms with Gasteiger partial charge < -0.3 is 5.32 Å². The van der Waals surface area contributed by atoms with Gasteiger partial charge in [0.2, 0.25) is 5.95 Å². The number of anilines is 2. The number of hydrogen-bond donors (Lipinski definition) is 2. The predicted octanol–water partition coefficient (Wildman–Crippen LogP) is 4.29. The van der Waals surface area contributed by atoms with Crippen molar-refractivity contribution < 1.29 is 17.6 Å². The summed E-state index contributed by atoms with van der Waals surface area (Å²) in [6.45, 7) is 0.353. The van der Waals surface area contributed by atoms with Crippen LogP contribution in [-0.4, -0.2) is 19.9 Å². The summed E-state index contributed by atoms with van der Waals surface area (Å²) in [5.74, 6) is -0.214. The molecule has 0 radical (unpaired) electrons. The first kappa shape index (κ1) is 18.8. The summed E-state index contributed by atoms with van der Waals surface area (Å²) in [5.41, 5.74) is -0.190. The van der Waals surface area contributed by atoms with Crippen molar-refractivity contribution in [1.29, 1.82) is 0 Å². The molecule has 140 valence electrons. The molecule has 0 saturated heterocycles. The van der Waals surface area contributed by atoms with Crippen LogP contribution in [0.15, 0.2) is 54.9 Å². The van der Waals surface area contributed by atoms with Crippen LogP contribution >= 0.6 is 12.2 Å².